The molecule has 2 rings (SSSR count). The van der Waals surface area contributed by atoms with E-state index in [1.165, 1.54) is 6.20 Å². The average molecular weight is 263 g/mol. The fourth-order valence-electron chi connectivity index (χ4n) is 2.81. The van der Waals surface area contributed by atoms with E-state index in [0.717, 1.165) is 24.5 Å². The maximum absolute atomic E-state index is 10.9. The molecule has 1 aliphatic rings. The number of aromatic nitrogens is 1. The van der Waals surface area contributed by atoms with Gasteiger partial charge in [0.05, 0.1) is 5.56 Å². The SMILES string of the molecule is Cc1cc(C(=O)O)cnc1N1CC(C)C(N(C)C)C1. The van der Waals surface area contributed by atoms with E-state index in [1.54, 1.807) is 6.07 Å². The largest absolute Gasteiger partial charge is 0.478 e. The normalized spacial score (nSPS) is 23.1. The lowest BCUT2D eigenvalue weighted by Gasteiger charge is -2.23. The van der Waals surface area contributed by atoms with Gasteiger partial charge in [-0.05, 0) is 38.6 Å². The lowest BCUT2D eigenvalue weighted by molar-refractivity contribution is 0.0696. The molecule has 1 aromatic rings. The van der Waals surface area contributed by atoms with E-state index in [-0.39, 0.29) is 5.56 Å². The number of rotatable bonds is 3. The first-order valence-electron chi connectivity index (χ1n) is 6.51. The summed E-state index contributed by atoms with van der Waals surface area (Å²) in [5.41, 5.74) is 1.17. The van der Waals surface area contributed by atoms with Crippen LogP contribution in [-0.2, 0) is 0 Å². The van der Waals surface area contributed by atoms with Gasteiger partial charge in [0.15, 0.2) is 0 Å². The first-order chi connectivity index (χ1) is 8.90. The van der Waals surface area contributed by atoms with Gasteiger partial charge in [0.1, 0.15) is 5.82 Å². The van der Waals surface area contributed by atoms with E-state index in [2.05, 4.69) is 35.8 Å². The van der Waals surface area contributed by atoms with Crippen LogP contribution >= 0.6 is 0 Å². The lowest BCUT2D eigenvalue weighted by atomic mass is 10.1. The fourth-order valence-corrected chi connectivity index (χ4v) is 2.81. The summed E-state index contributed by atoms with van der Waals surface area (Å²) >= 11 is 0. The molecule has 5 heteroatoms. The molecule has 2 heterocycles. The highest BCUT2D eigenvalue weighted by atomic mass is 16.4. The second kappa shape index (κ2) is 5.17. The first-order valence-corrected chi connectivity index (χ1v) is 6.51. The summed E-state index contributed by atoms with van der Waals surface area (Å²) in [7, 11) is 4.19. The smallest absolute Gasteiger partial charge is 0.337 e. The van der Waals surface area contributed by atoms with E-state index < -0.39 is 5.97 Å². The molecule has 0 radical (unpaired) electrons. The molecule has 0 aliphatic carbocycles. The van der Waals surface area contributed by atoms with Crippen molar-refractivity contribution in [3.8, 4) is 0 Å². The number of hydrogen-bond acceptors (Lipinski definition) is 4. The predicted molar refractivity (Wildman–Crippen MR) is 74.8 cm³/mol. The van der Waals surface area contributed by atoms with E-state index in [4.69, 9.17) is 5.11 Å². The van der Waals surface area contributed by atoms with Crippen molar-refractivity contribution in [2.24, 2.45) is 5.92 Å². The Bertz CT molecular complexity index is 488. The Morgan fingerprint density at radius 3 is 2.63 bits per heavy atom. The highest BCUT2D eigenvalue weighted by Gasteiger charge is 2.32. The van der Waals surface area contributed by atoms with Crippen molar-refractivity contribution in [3.63, 3.8) is 0 Å². The summed E-state index contributed by atoms with van der Waals surface area (Å²) in [6.45, 7) is 6.06. The number of carboxylic acids is 1. The number of nitrogens with zero attached hydrogens (tertiary/aromatic N) is 3. The molecule has 1 saturated heterocycles. The predicted octanol–water partition coefficient (Wildman–Crippen LogP) is 1.47. The molecule has 2 unspecified atom stereocenters. The summed E-state index contributed by atoms with van der Waals surface area (Å²) in [5, 5.41) is 8.96. The Kier molecular flexibility index (Phi) is 3.75. The molecule has 1 aromatic heterocycles. The van der Waals surface area contributed by atoms with Crippen molar-refractivity contribution in [3.05, 3.63) is 23.4 Å². The minimum absolute atomic E-state index is 0.248. The minimum atomic E-state index is -0.928. The molecule has 5 nitrogen and oxygen atoms in total. The summed E-state index contributed by atoms with van der Waals surface area (Å²) in [6, 6.07) is 2.21. The molecule has 104 valence electrons. The summed E-state index contributed by atoms with van der Waals surface area (Å²) < 4.78 is 0. The van der Waals surface area contributed by atoms with Crippen molar-refractivity contribution in [1.29, 1.82) is 0 Å². The average Bonchev–Trinajstić information content (AvgIpc) is 2.71. The summed E-state index contributed by atoms with van der Waals surface area (Å²) in [5.74, 6) is 0.555. The van der Waals surface area contributed by atoms with Crippen LogP contribution in [0.15, 0.2) is 12.3 Å². The third-order valence-electron chi connectivity index (χ3n) is 3.83. The van der Waals surface area contributed by atoms with Gasteiger partial charge in [0, 0.05) is 25.3 Å². The molecule has 0 aromatic carbocycles. The van der Waals surface area contributed by atoms with Crippen molar-refractivity contribution in [2.45, 2.75) is 19.9 Å². The lowest BCUT2D eigenvalue weighted by Crippen LogP contribution is -2.34. The highest BCUT2D eigenvalue weighted by Crippen LogP contribution is 2.27. The molecule has 19 heavy (non-hydrogen) atoms. The number of aryl methyl sites for hydroxylation is 1. The van der Waals surface area contributed by atoms with Crippen LogP contribution in [0.1, 0.15) is 22.8 Å². The fraction of sp³-hybridized carbons (Fsp3) is 0.571. The van der Waals surface area contributed by atoms with Crippen molar-refractivity contribution < 1.29 is 9.90 Å². The molecule has 0 saturated carbocycles. The number of aromatic carboxylic acids is 1. The van der Waals surface area contributed by atoms with Gasteiger partial charge in [-0.2, -0.15) is 0 Å². The molecule has 1 fully saturated rings. The van der Waals surface area contributed by atoms with Crippen LogP contribution in [-0.4, -0.2) is 54.2 Å². The van der Waals surface area contributed by atoms with E-state index in [1.807, 2.05) is 6.92 Å². The second-order valence-electron chi connectivity index (χ2n) is 5.58. The topological polar surface area (TPSA) is 56.7 Å². The van der Waals surface area contributed by atoms with Crippen LogP contribution in [0.3, 0.4) is 0 Å². The van der Waals surface area contributed by atoms with E-state index in [0.29, 0.717) is 12.0 Å². The molecular weight excluding hydrogens is 242 g/mol. The minimum Gasteiger partial charge on any atom is -0.478 e. The Hall–Kier alpha value is -1.62. The first kappa shape index (κ1) is 13.8. The van der Waals surface area contributed by atoms with Gasteiger partial charge in [-0.25, -0.2) is 9.78 Å². The van der Waals surface area contributed by atoms with Gasteiger partial charge in [0.25, 0.3) is 0 Å². The number of carboxylic acid groups (broad SMARTS) is 1. The van der Waals surface area contributed by atoms with E-state index >= 15 is 0 Å². The van der Waals surface area contributed by atoms with Crippen molar-refractivity contribution >= 4 is 11.8 Å². The van der Waals surface area contributed by atoms with Gasteiger partial charge in [-0.15, -0.1) is 0 Å². The molecule has 1 aliphatic heterocycles. The Morgan fingerprint density at radius 2 is 2.16 bits per heavy atom. The van der Waals surface area contributed by atoms with Gasteiger partial charge < -0.3 is 14.9 Å². The zero-order valence-electron chi connectivity index (χ0n) is 11.9. The molecule has 2 atom stereocenters. The number of likely N-dealkylation sites (N-methyl/N-ethyl adjacent to an activating group) is 1. The monoisotopic (exact) mass is 263 g/mol. The van der Waals surface area contributed by atoms with Gasteiger partial charge in [-0.3, -0.25) is 0 Å². The molecule has 1 N–H and O–H groups in total. The molecule has 0 bridgehead atoms. The van der Waals surface area contributed by atoms with Crippen LogP contribution in [0.5, 0.6) is 0 Å². The number of hydrogen-bond donors (Lipinski definition) is 1. The van der Waals surface area contributed by atoms with Crippen molar-refractivity contribution in [1.82, 2.24) is 9.88 Å². The maximum atomic E-state index is 10.9. The third-order valence-corrected chi connectivity index (χ3v) is 3.83. The van der Waals surface area contributed by atoms with Gasteiger partial charge >= 0.3 is 5.97 Å². The molecule has 0 amide bonds. The maximum Gasteiger partial charge on any atom is 0.337 e. The zero-order valence-corrected chi connectivity index (χ0v) is 11.9. The summed E-state index contributed by atoms with van der Waals surface area (Å²) in [4.78, 5) is 19.7. The van der Waals surface area contributed by atoms with Crippen LogP contribution in [0.4, 0.5) is 5.82 Å². The third kappa shape index (κ3) is 2.71. The molecular formula is C14H21N3O2. The summed E-state index contributed by atoms with van der Waals surface area (Å²) in [6.07, 6.45) is 1.44. The quantitative estimate of drug-likeness (QED) is 0.895. The highest BCUT2D eigenvalue weighted by molar-refractivity contribution is 5.87. The molecule has 0 spiro atoms. The van der Waals surface area contributed by atoms with Crippen LogP contribution in [0, 0.1) is 12.8 Å². The Morgan fingerprint density at radius 1 is 1.47 bits per heavy atom. The van der Waals surface area contributed by atoms with E-state index in [9.17, 15) is 4.79 Å². The number of anilines is 1. The number of pyridine rings is 1. The standard InChI is InChI=1S/C14H21N3O2/c1-9-5-11(14(18)19)6-15-13(9)17-7-10(2)12(8-17)16(3)4/h5-6,10,12H,7-8H2,1-4H3,(H,18,19). The van der Waals surface area contributed by atoms with Crippen LogP contribution in [0.2, 0.25) is 0 Å². The Balaban J connectivity index is 2.22. The van der Waals surface area contributed by atoms with Gasteiger partial charge in [-0.1, -0.05) is 6.92 Å². The van der Waals surface area contributed by atoms with Crippen LogP contribution < -0.4 is 4.90 Å². The van der Waals surface area contributed by atoms with Gasteiger partial charge in [0.2, 0.25) is 0 Å². The zero-order chi connectivity index (χ0) is 14.2. The van der Waals surface area contributed by atoms with Crippen molar-refractivity contribution in [2.75, 3.05) is 32.1 Å². The second-order valence-corrected chi connectivity index (χ2v) is 5.58. The van der Waals surface area contributed by atoms with Crippen LogP contribution in [0.25, 0.3) is 0 Å². The Labute approximate surface area is 113 Å². The number of carbonyl (C=O) groups is 1.